The molecule has 24 heavy (non-hydrogen) atoms. The molecule has 0 radical (unpaired) electrons. The zero-order valence-corrected chi connectivity index (χ0v) is 15.7. The van der Waals surface area contributed by atoms with E-state index in [2.05, 4.69) is 54.6 Å². The van der Waals surface area contributed by atoms with Crippen molar-refractivity contribution in [2.45, 2.75) is 31.9 Å². The summed E-state index contributed by atoms with van der Waals surface area (Å²) < 4.78 is 5.24. The average molecular weight is 342 g/mol. The van der Waals surface area contributed by atoms with Crippen molar-refractivity contribution in [3.05, 3.63) is 65.2 Å². The molecule has 3 heteroatoms. The number of hydrogen-bond donors (Lipinski definition) is 0. The molecule has 1 aliphatic heterocycles. The number of rotatable bonds is 4. The van der Waals surface area contributed by atoms with Gasteiger partial charge in [-0.25, -0.2) is 0 Å². The second kappa shape index (κ2) is 10.2. The SMILES string of the molecule is COc1ccc(C)cc1CSC.c1ccc(C2=NCCCC2)cc1. The third-order valence-corrected chi connectivity index (χ3v) is 4.57. The van der Waals surface area contributed by atoms with Gasteiger partial charge < -0.3 is 4.74 Å². The van der Waals surface area contributed by atoms with Gasteiger partial charge in [0.15, 0.2) is 0 Å². The van der Waals surface area contributed by atoms with E-state index < -0.39 is 0 Å². The van der Waals surface area contributed by atoms with Crippen LogP contribution in [0.1, 0.15) is 36.0 Å². The third kappa shape index (κ3) is 5.72. The van der Waals surface area contributed by atoms with Crippen molar-refractivity contribution in [2.75, 3.05) is 19.9 Å². The number of hydrogen-bond acceptors (Lipinski definition) is 3. The number of nitrogens with zero attached hydrogens (tertiary/aromatic N) is 1. The van der Waals surface area contributed by atoms with Crippen molar-refractivity contribution < 1.29 is 4.74 Å². The monoisotopic (exact) mass is 341 g/mol. The molecular formula is C21H27NOS. The van der Waals surface area contributed by atoms with Gasteiger partial charge in [0.1, 0.15) is 5.75 Å². The van der Waals surface area contributed by atoms with Crippen LogP contribution in [0, 0.1) is 6.92 Å². The average Bonchev–Trinajstić information content (AvgIpc) is 2.64. The molecule has 0 saturated heterocycles. The van der Waals surface area contributed by atoms with Crippen molar-refractivity contribution in [3.63, 3.8) is 0 Å². The smallest absolute Gasteiger partial charge is 0.122 e. The molecular weight excluding hydrogens is 314 g/mol. The second-order valence-electron chi connectivity index (χ2n) is 5.90. The van der Waals surface area contributed by atoms with Crippen molar-refractivity contribution >= 4 is 17.5 Å². The lowest BCUT2D eigenvalue weighted by Gasteiger charge is -2.11. The standard InChI is InChI=1S/C11H13N.C10H14OS/c1-2-6-10(7-3-1)11-8-4-5-9-12-11;1-8-4-5-10(11-2)9(6-8)7-12-3/h1-3,6-7H,4-5,8-9H2;4-6H,7H2,1-3H3. The summed E-state index contributed by atoms with van der Waals surface area (Å²) >= 11 is 1.81. The lowest BCUT2D eigenvalue weighted by molar-refractivity contribution is 0.411. The minimum atomic E-state index is 0.995. The Morgan fingerprint density at radius 2 is 1.88 bits per heavy atom. The molecule has 0 amide bonds. The quantitative estimate of drug-likeness (QED) is 0.729. The maximum atomic E-state index is 5.24. The number of thioether (sulfide) groups is 1. The fourth-order valence-corrected chi connectivity index (χ4v) is 3.28. The van der Waals surface area contributed by atoms with Crippen LogP contribution in [0.15, 0.2) is 53.5 Å². The van der Waals surface area contributed by atoms with Gasteiger partial charge in [-0.05, 0) is 44.1 Å². The minimum absolute atomic E-state index is 0.995. The highest BCUT2D eigenvalue weighted by molar-refractivity contribution is 7.97. The van der Waals surface area contributed by atoms with Crippen molar-refractivity contribution in [2.24, 2.45) is 4.99 Å². The largest absolute Gasteiger partial charge is 0.496 e. The van der Waals surface area contributed by atoms with E-state index in [-0.39, 0.29) is 0 Å². The van der Waals surface area contributed by atoms with Gasteiger partial charge in [0.05, 0.1) is 7.11 Å². The number of ether oxygens (including phenoxy) is 1. The number of aliphatic imine (C=N–C) groups is 1. The Hall–Kier alpha value is -1.74. The van der Waals surface area contributed by atoms with E-state index in [0.717, 1.165) is 24.5 Å². The topological polar surface area (TPSA) is 21.6 Å². The maximum Gasteiger partial charge on any atom is 0.122 e. The zero-order valence-electron chi connectivity index (χ0n) is 14.9. The molecule has 0 N–H and O–H groups in total. The molecule has 0 aliphatic carbocycles. The number of benzene rings is 2. The van der Waals surface area contributed by atoms with E-state index in [1.165, 1.54) is 35.2 Å². The first-order valence-corrected chi connectivity index (χ1v) is 9.85. The van der Waals surface area contributed by atoms with E-state index in [4.69, 9.17) is 4.74 Å². The van der Waals surface area contributed by atoms with Crippen molar-refractivity contribution in [1.82, 2.24) is 0 Å². The van der Waals surface area contributed by atoms with Crippen LogP contribution in [0.25, 0.3) is 0 Å². The van der Waals surface area contributed by atoms with E-state index >= 15 is 0 Å². The fraction of sp³-hybridized carbons (Fsp3) is 0.381. The summed E-state index contributed by atoms with van der Waals surface area (Å²) in [5.74, 6) is 2.01. The van der Waals surface area contributed by atoms with E-state index in [1.54, 1.807) is 7.11 Å². The van der Waals surface area contributed by atoms with E-state index in [0.29, 0.717) is 0 Å². The maximum absolute atomic E-state index is 5.24. The van der Waals surface area contributed by atoms with Crippen LogP contribution in [0.5, 0.6) is 5.75 Å². The minimum Gasteiger partial charge on any atom is -0.496 e. The molecule has 0 unspecified atom stereocenters. The lowest BCUT2D eigenvalue weighted by Crippen LogP contribution is -2.06. The highest BCUT2D eigenvalue weighted by atomic mass is 32.2. The first-order chi connectivity index (χ1) is 11.7. The first-order valence-electron chi connectivity index (χ1n) is 8.45. The van der Waals surface area contributed by atoms with Gasteiger partial charge in [-0.15, -0.1) is 0 Å². The lowest BCUT2D eigenvalue weighted by atomic mass is 10.0. The van der Waals surface area contributed by atoms with Gasteiger partial charge in [-0.1, -0.05) is 48.0 Å². The van der Waals surface area contributed by atoms with Crippen molar-refractivity contribution in [1.29, 1.82) is 0 Å². The van der Waals surface area contributed by atoms with E-state index in [9.17, 15) is 0 Å². The molecule has 0 atom stereocenters. The highest BCUT2D eigenvalue weighted by Gasteiger charge is 2.06. The Morgan fingerprint density at radius 1 is 1.08 bits per heavy atom. The normalized spacial score (nSPS) is 13.5. The molecule has 2 aromatic carbocycles. The van der Waals surface area contributed by atoms with Crippen LogP contribution >= 0.6 is 11.8 Å². The molecule has 0 aromatic heterocycles. The molecule has 0 spiro atoms. The van der Waals surface area contributed by atoms with Gasteiger partial charge in [0.2, 0.25) is 0 Å². The third-order valence-electron chi connectivity index (χ3n) is 3.97. The molecule has 128 valence electrons. The summed E-state index contributed by atoms with van der Waals surface area (Å²) in [6.45, 7) is 3.12. The Kier molecular flexibility index (Phi) is 7.90. The molecule has 2 nitrogen and oxygen atoms in total. The molecule has 1 aliphatic rings. The first kappa shape index (κ1) is 18.6. The summed E-state index contributed by atoms with van der Waals surface area (Å²) in [6.07, 6.45) is 5.82. The number of methoxy groups -OCH3 is 1. The summed E-state index contributed by atoms with van der Waals surface area (Å²) in [7, 11) is 1.72. The highest BCUT2D eigenvalue weighted by Crippen LogP contribution is 2.23. The van der Waals surface area contributed by atoms with Crippen LogP contribution in [0.3, 0.4) is 0 Å². The Morgan fingerprint density at radius 3 is 2.50 bits per heavy atom. The van der Waals surface area contributed by atoms with Crippen LogP contribution in [0.4, 0.5) is 0 Å². The Balaban J connectivity index is 0.000000174. The van der Waals surface area contributed by atoms with Crippen LogP contribution in [-0.4, -0.2) is 25.6 Å². The fourth-order valence-electron chi connectivity index (χ4n) is 2.74. The van der Waals surface area contributed by atoms with Crippen LogP contribution < -0.4 is 4.74 Å². The van der Waals surface area contributed by atoms with Gasteiger partial charge in [-0.3, -0.25) is 4.99 Å². The number of aryl methyl sites for hydroxylation is 1. The van der Waals surface area contributed by atoms with Crippen LogP contribution in [0.2, 0.25) is 0 Å². The summed E-state index contributed by atoms with van der Waals surface area (Å²) in [6, 6.07) is 16.8. The van der Waals surface area contributed by atoms with Gasteiger partial charge in [0.25, 0.3) is 0 Å². The Bertz CT molecular complexity index is 652. The summed E-state index contributed by atoms with van der Waals surface area (Å²) in [4.78, 5) is 4.52. The molecule has 3 rings (SSSR count). The summed E-state index contributed by atoms with van der Waals surface area (Å²) in [5.41, 5.74) is 5.17. The summed E-state index contributed by atoms with van der Waals surface area (Å²) in [5, 5.41) is 0. The molecule has 2 aromatic rings. The molecule has 0 fully saturated rings. The van der Waals surface area contributed by atoms with Gasteiger partial charge in [0, 0.05) is 23.6 Å². The van der Waals surface area contributed by atoms with Crippen LogP contribution in [-0.2, 0) is 5.75 Å². The predicted molar refractivity (Wildman–Crippen MR) is 107 cm³/mol. The predicted octanol–water partition coefficient (Wildman–Crippen LogP) is 5.53. The molecule has 0 saturated carbocycles. The van der Waals surface area contributed by atoms with Gasteiger partial charge >= 0.3 is 0 Å². The van der Waals surface area contributed by atoms with E-state index in [1.807, 2.05) is 23.9 Å². The Labute approximate surface area is 150 Å². The second-order valence-corrected chi connectivity index (χ2v) is 6.77. The van der Waals surface area contributed by atoms with Crippen molar-refractivity contribution in [3.8, 4) is 5.75 Å². The molecule has 0 bridgehead atoms. The van der Waals surface area contributed by atoms with Gasteiger partial charge in [-0.2, -0.15) is 11.8 Å². The molecule has 1 heterocycles. The zero-order chi connectivity index (χ0) is 17.2.